The predicted molar refractivity (Wildman–Crippen MR) is 133 cm³/mol. The maximum atomic E-state index is 13.9. The number of morpholine rings is 1. The average molecular weight is 526 g/mol. The van der Waals surface area contributed by atoms with Gasteiger partial charge in [0.2, 0.25) is 5.95 Å². The number of rotatable bonds is 6. The minimum absolute atomic E-state index is 0.125. The number of aromatic nitrogens is 7. The number of ether oxygens (including phenoxy) is 1. The molecule has 0 spiro atoms. The lowest BCUT2D eigenvalue weighted by atomic mass is 10.3. The van der Waals surface area contributed by atoms with Crippen LogP contribution in [0.5, 0.6) is 0 Å². The zero-order chi connectivity index (χ0) is 26.1. The molecular weight excluding hydrogens is 500 g/mol. The van der Waals surface area contributed by atoms with Crippen LogP contribution < -0.4 is 20.4 Å². The van der Waals surface area contributed by atoms with Crippen LogP contribution >= 0.6 is 0 Å². The summed E-state index contributed by atoms with van der Waals surface area (Å²) in [6.45, 7) is 5.75. The molecule has 198 valence electrons. The first-order valence-corrected chi connectivity index (χ1v) is 12.2. The fraction of sp³-hybridized carbons (Fsp3) is 0.391. The number of halogens is 2. The smallest absolute Gasteiger partial charge is 0.284 e. The summed E-state index contributed by atoms with van der Waals surface area (Å²) in [6, 6.07) is 1.81. The molecule has 0 atom stereocenters. The fourth-order valence-electron chi connectivity index (χ4n) is 4.42. The van der Waals surface area contributed by atoms with Crippen molar-refractivity contribution in [2.45, 2.75) is 6.43 Å². The number of hydrogen-bond acceptors (Lipinski definition) is 10. The molecule has 0 aliphatic carbocycles. The molecular formula is C23H25F2N11O2. The van der Waals surface area contributed by atoms with Crippen LogP contribution in [0.1, 0.15) is 22.5 Å². The molecule has 13 nitrogen and oxygen atoms in total. The molecule has 0 saturated carbocycles. The van der Waals surface area contributed by atoms with Crippen molar-refractivity contribution in [2.75, 3.05) is 67.6 Å². The molecule has 6 rings (SSSR count). The molecule has 0 bridgehead atoms. The highest BCUT2D eigenvalue weighted by Gasteiger charge is 2.24. The summed E-state index contributed by atoms with van der Waals surface area (Å²) in [5, 5.41) is 14.0. The number of hydrogen-bond donors (Lipinski definition) is 2. The predicted octanol–water partition coefficient (Wildman–Crippen LogP) is 1.14. The van der Waals surface area contributed by atoms with Gasteiger partial charge in [0.15, 0.2) is 11.3 Å². The first-order valence-electron chi connectivity index (χ1n) is 12.2. The number of nitrogens with zero attached hydrogens (tertiary/aromatic N) is 9. The second kappa shape index (κ2) is 10.3. The summed E-state index contributed by atoms with van der Waals surface area (Å²) in [7, 11) is 0. The molecule has 4 aromatic heterocycles. The van der Waals surface area contributed by atoms with E-state index in [9.17, 15) is 13.6 Å². The Kier molecular flexibility index (Phi) is 6.51. The van der Waals surface area contributed by atoms with E-state index in [1.807, 2.05) is 9.80 Å². The highest BCUT2D eigenvalue weighted by molar-refractivity contribution is 6.08. The van der Waals surface area contributed by atoms with Gasteiger partial charge in [0.05, 0.1) is 43.7 Å². The molecule has 2 aliphatic rings. The van der Waals surface area contributed by atoms with Gasteiger partial charge in [-0.1, -0.05) is 0 Å². The Bertz CT molecular complexity index is 1430. The van der Waals surface area contributed by atoms with Gasteiger partial charge in [-0.15, -0.1) is 0 Å². The Morgan fingerprint density at radius 1 is 1.05 bits per heavy atom. The molecule has 0 aromatic carbocycles. The van der Waals surface area contributed by atoms with Crippen molar-refractivity contribution in [2.24, 2.45) is 0 Å². The number of alkyl halides is 2. The summed E-state index contributed by atoms with van der Waals surface area (Å²) in [6.07, 6.45) is 4.50. The van der Waals surface area contributed by atoms with Crippen LogP contribution in [0.25, 0.3) is 11.3 Å². The normalized spacial score (nSPS) is 16.4. The average Bonchev–Trinajstić information content (AvgIpc) is 3.58. The van der Waals surface area contributed by atoms with Gasteiger partial charge < -0.3 is 25.2 Å². The summed E-state index contributed by atoms with van der Waals surface area (Å²) in [5.41, 5.74) is 0.160. The quantitative estimate of drug-likeness (QED) is 0.378. The van der Waals surface area contributed by atoms with E-state index in [0.29, 0.717) is 49.4 Å². The number of fused-ring (bicyclic) bond motifs is 1. The van der Waals surface area contributed by atoms with Crippen LogP contribution in [0.4, 0.5) is 26.2 Å². The van der Waals surface area contributed by atoms with Crippen molar-refractivity contribution in [1.29, 1.82) is 0 Å². The SMILES string of the molecule is O=C(Nc1cn(-c2cnc(N3CCNCC3)nc2)nc1C(F)F)c1cnn2ccc(N3CCOCC3)nc12. The van der Waals surface area contributed by atoms with Crippen LogP contribution in [-0.4, -0.2) is 92.7 Å². The topological polar surface area (TPSA) is 131 Å². The molecule has 15 heteroatoms. The van der Waals surface area contributed by atoms with Crippen LogP contribution in [0.3, 0.4) is 0 Å². The van der Waals surface area contributed by atoms with Crippen LogP contribution in [-0.2, 0) is 4.74 Å². The number of carbonyl (C=O) groups is 1. The van der Waals surface area contributed by atoms with E-state index >= 15 is 0 Å². The number of piperazine rings is 1. The number of amides is 1. The molecule has 0 unspecified atom stereocenters. The zero-order valence-electron chi connectivity index (χ0n) is 20.3. The third-order valence-electron chi connectivity index (χ3n) is 6.42. The Hall–Kier alpha value is -4.24. The van der Waals surface area contributed by atoms with Gasteiger partial charge in [-0.2, -0.15) is 10.2 Å². The standard InChI is InChI=1S/C23H25F2N11O2/c24-20(25)19-17(14-36(32-19)15-11-27-23(28-12-15)34-5-2-26-3-6-34)30-22(37)16-13-29-35-4-1-18(31-21(16)35)33-7-9-38-10-8-33/h1,4,11-14,20,26H,2-3,5-10H2,(H,30,37). The van der Waals surface area contributed by atoms with Gasteiger partial charge >= 0.3 is 0 Å². The summed E-state index contributed by atoms with van der Waals surface area (Å²) >= 11 is 0. The second-order valence-electron chi connectivity index (χ2n) is 8.82. The van der Waals surface area contributed by atoms with Crippen LogP contribution in [0, 0.1) is 0 Å². The van der Waals surface area contributed by atoms with Gasteiger partial charge in [-0.3, -0.25) is 4.79 Å². The van der Waals surface area contributed by atoms with E-state index < -0.39 is 18.0 Å². The Labute approximate surface area is 215 Å². The Balaban J connectivity index is 1.24. The van der Waals surface area contributed by atoms with Crippen molar-refractivity contribution in [3.8, 4) is 5.69 Å². The highest BCUT2D eigenvalue weighted by atomic mass is 19.3. The summed E-state index contributed by atoms with van der Waals surface area (Å²) in [4.78, 5) is 30.6. The van der Waals surface area contributed by atoms with Crippen molar-refractivity contribution >= 4 is 29.0 Å². The number of carbonyl (C=O) groups excluding carboxylic acids is 1. The zero-order valence-corrected chi connectivity index (χ0v) is 20.3. The van der Waals surface area contributed by atoms with Gasteiger partial charge in [0, 0.05) is 45.5 Å². The van der Waals surface area contributed by atoms with Crippen molar-refractivity contribution in [1.82, 2.24) is 39.7 Å². The van der Waals surface area contributed by atoms with Gasteiger partial charge in [-0.05, 0) is 6.07 Å². The minimum atomic E-state index is -2.91. The molecule has 6 heterocycles. The third kappa shape index (κ3) is 4.72. The van der Waals surface area contributed by atoms with Crippen molar-refractivity contribution in [3.63, 3.8) is 0 Å². The minimum Gasteiger partial charge on any atom is -0.378 e. The first-order chi connectivity index (χ1) is 18.6. The number of nitrogens with one attached hydrogen (secondary N) is 2. The van der Waals surface area contributed by atoms with Crippen molar-refractivity contribution in [3.05, 3.63) is 48.3 Å². The molecule has 0 radical (unpaired) electrons. The Morgan fingerprint density at radius 2 is 1.82 bits per heavy atom. The second-order valence-corrected chi connectivity index (χ2v) is 8.82. The molecule has 2 N–H and O–H groups in total. The maximum absolute atomic E-state index is 13.9. The van der Waals surface area contributed by atoms with E-state index in [4.69, 9.17) is 4.74 Å². The van der Waals surface area contributed by atoms with E-state index in [2.05, 4.69) is 35.8 Å². The van der Waals surface area contributed by atoms with Gasteiger partial charge in [-0.25, -0.2) is 32.9 Å². The monoisotopic (exact) mass is 525 g/mol. The molecule has 2 aliphatic heterocycles. The lowest BCUT2D eigenvalue weighted by molar-refractivity contribution is 0.102. The molecule has 2 fully saturated rings. The van der Waals surface area contributed by atoms with Crippen LogP contribution in [0.2, 0.25) is 0 Å². The summed E-state index contributed by atoms with van der Waals surface area (Å²) < 4.78 is 35.8. The highest BCUT2D eigenvalue weighted by Crippen LogP contribution is 2.28. The molecule has 38 heavy (non-hydrogen) atoms. The maximum Gasteiger partial charge on any atom is 0.284 e. The molecule has 2 saturated heterocycles. The van der Waals surface area contributed by atoms with E-state index in [1.165, 1.54) is 34.0 Å². The van der Waals surface area contributed by atoms with E-state index in [1.54, 1.807) is 12.3 Å². The molecule has 1 amide bonds. The third-order valence-corrected chi connectivity index (χ3v) is 6.42. The van der Waals surface area contributed by atoms with E-state index in [0.717, 1.165) is 26.2 Å². The fourth-order valence-corrected chi connectivity index (χ4v) is 4.42. The lowest BCUT2D eigenvalue weighted by Crippen LogP contribution is -2.44. The number of anilines is 3. The van der Waals surface area contributed by atoms with Crippen molar-refractivity contribution < 1.29 is 18.3 Å². The van der Waals surface area contributed by atoms with Crippen LogP contribution in [0.15, 0.2) is 37.1 Å². The van der Waals surface area contributed by atoms with Gasteiger partial charge in [0.25, 0.3) is 12.3 Å². The summed E-state index contributed by atoms with van der Waals surface area (Å²) in [5.74, 6) is 0.612. The van der Waals surface area contributed by atoms with Gasteiger partial charge in [0.1, 0.15) is 17.1 Å². The Morgan fingerprint density at radius 3 is 2.55 bits per heavy atom. The largest absolute Gasteiger partial charge is 0.378 e. The molecule has 4 aromatic rings. The van der Waals surface area contributed by atoms with E-state index in [-0.39, 0.29) is 11.3 Å². The lowest BCUT2D eigenvalue weighted by Gasteiger charge is -2.27. The first kappa shape index (κ1) is 24.1.